The van der Waals surface area contributed by atoms with Crippen LogP contribution in [0.3, 0.4) is 0 Å². The molecular formula is C14H17NO. The molecule has 0 N–H and O–H groups in total. The lowest BCUT2D eigenvalue weighted by atomic mass is 10.0. The molecule has 1 heterocycles. The fraction of sp³-hybridized carbons (Fsp3) is 0.357. The van der Waals surface area contributed by atoms with E-state index in [1.807, 2.05) is 4.90 Å². The molecule has 1 aliphatic rings. The average Bonchev–Trinajstić information content (AvgIpc) is 2.77. The van der Waals surface area contributed by atoms with Gasteiger partial charge in [0, 0.05) is 6.54 Å². The quantitative estimate of drug-likeness (QED) is 0.695. The van der Waals surface area contributed by atoms with Crippen LogP contribution in [0.1, 0.15) is 30.0 Å². The predicted molar refractivity (Wildman–Crippen MR) is 65.1 cm³/mol. The third-order valence-corrected chi connectivity index (χ3v) is 3.14. The molecule has 0 aromatic heterocycles. The Kier molecular flexibility index (Phi) is 3.09. The number of hydrogen-bond acceptors (Lipinski definition) is 1. The minimum atomic E-state index is 0.0454. The summed E-state index contributed by atoms with van der Waals surface area (Å²) in [5.74, 6) is 0.0454. The number of aryl methyl sites for hydroxylation is 1. The minimum Gasteiger partial charge on any atom is -0.332 e. The van der Waals surface area contributed by atoms with E-state index in [1.54, 1.807) is 0 Å². The van der Waals surface area contributed by atoms with Crippen molar-refractivity contribution in [2.75, 3.05) is 6.54 Å². The Hall–Kier alpha value is -1.57. The molecule has 0 spiro atoms. The zero-order valence-corrected chi connectivity index (χ0v) is 9.65. The van der Waals surface area contributed by atoms with Crippen molar-refractivity contribution in [2.45, 2.75) is 25.8 Å². The number of carbonyl (C=O) groups is 1. The number of hydrogen-bond donors (Lipinski definition) is 0. The number of carbonyl (C=O) groups excluding carboxylic acids is 1. The molecule has 1 saturated heterocycles. The summed E-state index contributed by atoms with van der Waals surface area (Å²) in [4.78, 5) is 13.6. The molecule has 2 rings (SSSR count). The van der Waals surface area contributed by atoms with Crippen LogP contribution in [0.5, 0.6) is 0 Å². The van der Waals surface area contributed by atoms with Gasteiger partial charge in [0.05, 0.1) is 6.04 Å². The van der Waals surface area contributed by atoms with Gasteiger partial charge in [-0.25, -0.2) is 0 Å². The lowest BCUT2D eigenvalue weighted by molar-refractivity contribution is -0.126. The van der Waals surface area contributed by atoms with Gasteiger partial charge in [0.25, 0.3) is 0 Å². The van der Waals surface area contributed by atoms with Crippen LogP contribution < -0.4 is 0 Å². The Labute approximate surface area is 96.6 Å². The highest BCUT2D eigenvalue weighted by molar-refractivity contribution is 5.87. The Bertz CT molecular complexity index is 411. The molecule has 0 aliphatic carbocycles. The molecular weight excluding hydrogens is 198 g/mol. The number of amides is 1. The van der Waals surface area contributed by atoms with Gasteiger partial charge in [-0.2, -0.15) is 0 Å². The van der Waals surface area contributed by atoms with E-state index in [4.69, 9.17) is 0 Å². The van der Waals surface area contributed by atoms with Crippen LogP contribution in [-0.2, 0) is 4.79 Å². The first-order valence-electron chi connectivity index (χ1n) is 5.72. The smallest absolute Gasteiger partial charge is 0.246 e. The first kappa shape index (κ1) is 10.9. The van der Waals surface area contributed by atoms with Gasteiger partial charge in [-0.1, -0.05) is 36.4 Å². The molecule has 1 atom stereocenters. The molecule has 1 aromatic carbocycles. The lowest BCUT2D eigenvalue weighted by Crippen LogP contribution is -2.28. The summed E-state index contributed by atoms with van der Waals surface area (Å²) in [6, 6.07) is 8.65. The zero-order chi connectivity index (χ0) is 11.5. The van der Waals surface area contributed by atoms with E-state index in [0.29, 0.717) is 0 Å². The number of likely N-dealkylation sites (tertiary alicyclic amines) is 1. The third kappa shape index (κ3) is 2.01. The normalized spacial score (nSPS) is 19.8. The van der Waals surface area contributed by atoms with E-state index in [-0.39, 0.29) is 11.9 Å². The van der Waals surface area contributed by atoms with Gasteiger partial charge in [-0.3, -0.25) is 4.79 Å². The van der Waals surface area contributed by atoms with Gasteiger partial charge in [-0.05, 0) is 31.4 Å². The van der Waals surface area contributed by atoms with Crippen molar-refractivity contribution in [1.29, 1.82) is 0 Å². The predicted octanol–water partition coefficient (Wildman–Crippen LogP) is 2.84. The van der Waals surface area contributed by atoms with Crippen LogP contribution in [0.2, 0.25) is 0 Å². The van der Waals surface area contributed by atoms with Crippen LogP contribution in [0.15, 0.2) is 36.9 Å². The molecule has 0 radical (unpaired) electrons. The first-order chi connectivity index (χ1) is 7.72. The number of nitrogens with zero attached hydrogens (tertiary/aromatic N) is 1. The van der Waals surface area contributed by atoms with E-state index < -0.39 is 0 Å². The molecule has 16 heavy (non-hydrogen) atoms. The molecule has 1 unspecified atom stereocenters. The lowest BCUT2D eigenvalue weighted by Gasteiger charge is -2.24. The topological polar surface area (TPSA) is 20.3 Å². The van der Waals surface area contributed by atoms with Crippen molar-refractivity contribution >= 4 is 5.91 Å². The highest BCUT2D eigenvalue weighted by atomic mass is 16.2. The summed E-state index contributed by atoms with van der Waals surface area (Å²) in [6.45, 7) is 6.49. The second-order valence-corrected chi connectivity index (χ2v) is 4.31. The Balaban J connectivity index is 2.26. The van der Waals surface area contributed by atoms with Gasteiger partial charge < -0.3 is 4.90 Å². The van der Waals surface area contributed by atoms with Crippen molar-refractivity contribution in [3.8, 4) is 0 Å². The Morgan fingerprint density at radius 3 is 3.06 bits per heavy atom. The van der Waals surface area contributed by atoms with Crippen LogP contribution in [-0.4, -0.2) is 17.4 Å². The van der Waals surface area contributed by atoms with Gasteiger partial charge >= 0.3 is 0 Å². The fourth-order valence-electron chi connectivity index (χ4n) is 2.37. The first-order valence-corrected chi connectivity index (χ1v) is 5.72. The third-order valence-electron chi connectivity index (χ3n) is 3.14. The standard InChI is InChI=1S/C14H17NO/c1-3-14(16)15-9-5-8-13(15)12-7-4-6-11(2)10-12/h3-4,6-7,10,13H,1,5,8-9H2,2H3. The van der Waals surface area contributed by atoms with Crippen molar-refractivity contribution in [2.24, 2.45) is 0 Å². The molecule has 0 saturated carbocycles. The molecule has 1 amide bonds. The van der Waals surface area contributed by atoms with Crippen molar-refractivity contribution < 1.29 is 4.79 Å². The molecule has 1 aliphatic heterocycles. The summed E-state index contributed by atoms with van der Waals surface area (Å²) in [5, 5.41) is 0. The molecule has 84 valence electrons. The molecule has 2 nitrogen and oxygen atoms in total. The van der Waals surface area contributed by atoms with Gasteiger partial charge in [0.1, 0.15) is 0 Å². The highest BCUT2D eigenvalue weighted by Crippen LogP contribution is 2.32. The molecule has 2 heteroatoms. The summed E-state index contributed by atoms with van der Waals surface area (Å²) in [6.07, 6.45) is 3.55. The fourth-order valence-corrected chi connectivity index (χ4v) is 2.37. The van der Waals surface area contributed by atoms with Crippen molar-refractivity contribution in [3.63, 3.8) is 0 Å². The molecule has 0 bridgehead atoms. The van der Waals surface area contributed by atoms with Gasteiger partial charge in [0.15, 0.2) is 0 Å². The summed E-state index contributed by atoms with van der Waals surface area (Å²) >= 11 is 0. The highest BCUT2D eigenvalue weighted by Gasteiger charge is 2.28. The minimum absolute atomic E-state index is 0.0454. The van der Waals surface area contributed by atoms with E-state index in [2.05, 4.69) is 37.8 Å². The van der Waals surface area contributed by atoms with E-state index in [0.717, 1.165) is 19.4 Å². The van der Waals surface area contributed by atoms with Crippen LogP contribution in [0, 0.1) is 6.92 Å². The van der Waals surface area contributed by atoms with E-state index in [9.17, 15) is 4.79 Å². The second-order valence-electron chi connectivity index (χ2n) is 4.31. The summed E-state index contributed by atoms with van der Waals surface area (Å²) in [7, 11) is 0. The van der Waals surface area contributed by atoms with Crippen LogP contribution >= 0.6 is 0 Å². The van der Waals surface area contributed by atoms with Crippen LogP contribution in [0.4, 0.5) is 0 Å². The van der Waals surface area contributed by atoms with Gasteiger partial charge in [0.2, 0.25) is 5.91 Å². The van der Waals surface area contributed by atoms with E-state index in [1.165, 1.54) is 17.2 Å². The largest absolute Gasteiger partial charge is 0.332 e. The van der Waals surface area contributed by atoms with Crippen LogP contribution in [0.25, 0.3) is 0 Å². The monoisotopic (exact) mass is 215 g/mol. The Morgan fingerprint density at radius 1 is 1.56 bits per heavy atom. The van der Waals surface area contributed by atoms with Crippen molar-refractivity contribution in [3.05, 3.63) is 48.0 Å². The second kappa shape index (κ2) is 4.52. The number of benzene rings is 1. The Morgan fingerprint density at radius 2 is 2.38 bits per heavy atom. The van der Waals surface area contributed by atoms with E-state index >= 15 is 0 Å². The van der Waals surface area contributed by atoms with Crippen molar-refractivity contribution in [1.82, 2.24) is 4.90 Å². The zero-order valence-electron chi connectivity index (χ0n) is 9.65. The maximum absolute atomic E-state index is 11.7. The maximum Gasteiger partial charge on any atom is 0.246 e. The summed E-state index contributed by atoms with van der Waals surface area (Å²) < 4.78 is 0. The van der Waals surface area contributed by atoms with Gasteiger partial charge in [-0.15, -0.1) is 0 Å². The number of rotatable bonds is 2. The molecule has 1 fully saturated rings. The molecule has 1 aromatic rings. The summed E-state index contributed by atoms with van der Waals surface area (Å²) in [5.41, 5.74) is 2.49. The SMILES string of the molecule is C=CC(=O)N1CCCC1c1cccc(C)c1. The maximum atomic E-state index is 11.7. The average molecular weight is 215 g/mol.